The number of nitrogens with two attached hydrogens (primary N) is 1. The Labute approximate surface area is 97.7 Å². The zero-order valence-corrected chi connectivity index (χ0v) is 10.6. The van der Waals surface area contributed by atoms with E-state index in [0.29, 0.717) is 17.9 Å². The number of carbonyl (C=O) groups is 1. The first kappa shape index (κ1) is 12.0. The highest BCUT2D eigenvalue weighted by Crippen LogP contribution is 2.29. The van der Waals surface area contributed by atoms with Gasteiger partial charge in [0.25, 0.3) is 0 Å². The molecule has 0 heterocycles. The normalized spacial score (nSPS) is 10.1. The van der Waals surface area contributed by atoms with Crippen LogP contribution >= 0.6 is 15.9 Å². The number of anilines is 1. The Kier molecular flexibility index (Phi) is 3.74. The summed E-state index contributed by atoms with van der Waals surface area (Å²) in [6, 6.07) is 1.77. The fourth-order valence-corrected chi connectivity index (χ4v) is 1.78. The molecular weight excluding hydrogens is 258 g/mol. The predicted octanol–water partition coefficient (Wildman–Crippen LogP) is 2.82. The molecule has 3 nitrogen and oxygen atoms in total. The molecule has 15 heavy (non-hydrogen) atoms. The second-order valence-electron chi connectivity index (χ2n) is 3.32. The summed E-state index contributed by atoms with van der Waals surface area (Å²) in [5.41, 5.74) is 8.56. The minimum absolute atomic E-state index is 0.350. The third kappa shape index (κ3) is 2.31. The molecule has 0 saturated heterocycles. The number of rotatable bonds is 2. The van der Waals surface area contributed by atoms with Crippen molar-refractivity contribution in [2.75, 3.05) is 12.3 Å². The number of carbonyl (C=O) groups excluding carboxylic acids is 1. The lowest BCUT2D eigenvalue weighted by atomic mass is 10.0. The molecule has 0 radical (unpaired) electrons. The van der Waals surface area contributed by atoms with Crippen LogP contribution in [-0.2, 0) is 4.74 Å². The molecule has 0 bridgehead atoms. The van der Waals surface area contributed by atoms with Gasteiger partial charge in [-0.2, -0.15) is 0 Å². The maximum Gasteiger partial charge on any atom is 0.340 e. The minimum atomic E-state index is -0.367. The van der Waals surface area contributed by atoms with Gasteiger partial charge < -0.3 is 10.5 Å². The molecule has 1 aromatic carbocycles. The van der Waals surface area contributed by atoms with Gasteiger partial charge in [-0.3, -0.25) is 0 Å². The van der Waals surface area contributed by atoms with Gasteiger partial charge in [-0.05, 0) is 38.0 Å². The molecule has 2 N–H and O–H groups in total. The largest absolute Gasteiger partial charge is 0.462 e. The van der Waals surface area contributed by atoms with Gasteiger partial charge in [-0.25, -0.2) is 4.79 Å². The fourth-order valence-electron chi connectivity index (χ4n) is 1.46. The van der Waals surface area contributed by atoms with E-state index in [4.69, 9.17) is 10.5 Å². The number of nitrogen functional groups attached to an aromatic ring is 1. The molecule has 0 unspecified atom stereocenters. The number of ether oxygens (including phenoxy) is 1. The zero-order valence-electron chi connectivity index (χ0n) is 9.06. The number of hydrogen-bond acceptors (Lipinski definition) is 3. The summed E-state index contributed by atoms with van der Waals surface area (Å²) in [6.45, 7) is 5.90. The quantitative estimate of drug-likeness (QED) is 0.665. The van der Waals surface area contributed by atoms with Gasteiger partial charge in [-0.15, -0.1) is 0 Å². The van der Waals surface area contributed by atoms with E-state index in [0.717, 1.165) is 15.6 Å². The summed E-state index contributed by atoms with van der Waals surface area (Å²) in [4.78, 5) is 11.6. The second kappa shape index (κ2) is 4.66. The van der Waals surface area contributed by atoms with E-state index in [1.165, 1.54) is 0 Å². The first-order valence-electron chi connectivity index (χ1n) is 4.71. The van der Waals surface area contributed by atoms with Crippen LogP contribution in [0.1, 0.15) is 28.4 Å². The maximum atomic E-state index is 11.6. The van der Waals surface area contributed by atoms with Crippen molar-refractivity contribution >= 4 is 27.6 Å². The van der Waals surface area contributed by atoms with Gasteiger partial charge in [0.2, 0.25) is 0 Å². The van der Waals surface area contributed by atoms with E-state index in [-0.39, 0.29) is 5.97 Å². The molecule has 0 saturated carbocycles. The number of aryl methyl sites for hydroxylation is 1. The van der Waals surface area contributed by atoms with Gasteiger partial charge >= 0.3 is 5.97 Å². The van der Waals surface area contributed by atoms with Crippen molar-refractivity contribution in [2.24, 2.45) is 0 Å². The molecule has 0 fully saturated rings. The van der Waals surface area contributed by atoms with E-state index in [2.05, 4.69) is 15.9 Å². The predicted molar refractivity (Wildman–Crippen MR) is 64.0 cm³/mol. The van der Waals surface area contributed by atoms with Crippen molar-refractivity contribution in [2.45, 2.75) is 20.8 Å². The van der Waals surface area contributed by atoms with Crippen LogP contribution in [0.5, 0.6) is 0 Å². The molecule has 0 amide bonds. The second-order valence-corrected chi connectivity index (χ2v) is 4.11. The Morgan fingerprint density at radius 1 is 1.53 bits per heavy atom. The topological polar surface area (TPSA) is 52.3 Å². The van der Waals surface area contributed by atoms with Crippen molar-refractivity contribution < 1.29 is 9.53 Å². The Morgan fingerprint density at radius 2 is 2.13 bits per heavy atom. The number of halogens is 1. The standard InChI is InChI=1S/C11H14BrNO2/c1-4-15-11(14)9-7(3)10(12)6(2)5-8(9)13/h5H,4,13H2,1-3H3. The zero-order chi connectivity index (χ0) is 11.6. The molecule has 82 valence electrons. The van der Waals surface area contributed by atoms with Crippen LogP contribution in [0.3, 0.4) is 0 Å². The molecule has 1 aromatic rings. The molecule has 0 aliphatic carbocycles. The van der Waals surface area contributed by atoms with Crippen molar-refractivity contribution in [3.05, 3.63) is 27.2 Å². The molecule has 0 atom stereocenters. The van der Waals surface area contributed by atoms with E-state index >= 15 is 0 Å². The van der Waals surface area contributed by atoms with Crippen LogP contribution < -0.4 is 5.73 Å². The van der Waals surface area contributed by atoms with Crippen molar-refractivity contribution in [1.29, 1.82) is 0 Å². The lowest BCUT2D eigenvalue weighted by molar-refractivity contribution is 0.0526. The summed E-state index contributed by atoms with van der Waals surface area (Å²) >= 11 is 3.42. The number of hydrogen-bond donors (Lipinski definition) is 1. The molecule has 0 aliphatic rings. The number of esters is 1. The van der Waals surface area contributed by atoms with Gasteiger partial charge in [0.15, 0.2) is 0 Å². The van der Waals surface area contributed by atoms with E-state index in [1.54, 1.807) is 13.0 Å². The van der Waals surface area contributed by atoms with Crippen LogP contribution in [-0.4, -0.2) is 12.6 Å². The SMILES string of the molecule is CCOC(=O)c1c(N)cc(C)c(Br)c1C. The molecule has 0 spiro atoms. The summed E-state index contributed by atoms with van der Waals surface area (Å²) < 4.78 is 5.85. The number of benzene rings is 1. The third-order valence-electron chi connectivity index (χ3n) is 2.19. The lowest BCUT2D eigenvalue weighted by Crippen LogP contribution is -2.11. The van der Waals surface area contributed by atoms with Gasteiger partial charge in [0.05, 0.1) is 12.2 Å². The average molecular weight is 272 g/mol. The van der Waals surface area contributed by atoms with Crippen molar-refractivity contribution in [3.63, 3.8) is 0 Å². The summed E-state index contributed by atoms with van der Waals surface area (Å²) in [7, 11) is 0. The highest BCUT2D eigenvalue weighted by Gasteiger charge is 2.17. The van der Waals surface area contributed by atoms with Crippen molar-refractivity contribution in [1.82, 2.24) is 0 Å². The van der Waals surface area contributed by atoms with Crippen LogP contribution in [0.2, 0.25) is 0 Å². The maximum absolute atomic E-state index is 11.6. The Balaban J connectivity index is 3.29. The summed E-state index contributed by atoms with van der Waals surface area (Å²) in [6.07, 6.45) is 0. The van der Waals surface area contributed by atoms with Gasteiger partial charge in [0.1, 0.15) is 0 Å². The molecular formula is C11H14BrNO2. The van der Waals surface area contributed by atoms with Crippen molar-refractivity contribution in [3.8, 4) is 0 Å². The van der Waals surface area contributed by atoms with E-state index in [1.807, 2.05) is 13.8 Å². The molecule has 4 heteroatoms. The smallest absolute Gasteiger partial charge is 0.340 e. The first-order chi connectivity index (χ1) is 6.99. The fraction of sp³-hybridized carbons (Fsp3) is 0.364. The molecule has 0 aliphatic heterocycles. The lowest BCUT2D eigenvalue weighted by Gasteiger charge is -2.12. The van der Waals surface area contributed by atoms with E-state index in [9.17, 15) is 4.79 Å². The highest BCUT2D eigenvalue weighted by atomic mass is 79.9. The molecule has 0 aromatic heterocycles. The monoisotopic (exact) mass is 271 g/mol. The van der Waals surface area contributed by atoms with Crippen LogP contribution in [0.15, 0.2) is 10.5 Å². The van der Waals surface area contributed by atoms with Crippen LogP contribution in [0, 0.1) is 13.8 Å². The van der Waals surface area contributed by atoms with Crippen LogP contribution in [0.4, 0.5) is 5.69 Å². The average Bonchev–Trinajstić information content (AvgIpc) is 2.15. The van der Waals surface area contributed by atoms with Gasteiger partial charge in [-0.1, -0.05) is 15.9 Å². The highest BCUT2D eigenvalue weighted by molar-refractivity contribution is 9.10. The molecule has 1 rings (SSSR count). The van der Waals surface area contributed by atoms with Gasteiger partial charge in [0, 0.05) is 10.2 Å². The Hall–Kier alpha value is -1.03. The van der Waals surface area contributed by atoms with Crippen LogP contribution in [0.25, 0.3) is 0 Å². The Bertz CT molecular complexity index is 402. The Morgan fingerprint density at radius 3 is 2.67 bits per heavy atom. The summed E-state index contributed by atoms with van der Waals surface area (Å²) in [5, 5.41) is 0. The van der Waals surface area contributed by atoms with E-state index < -0.39 is 0 Å². The first-order valence-corrected chi connectivity index (χ1v) is 5.50. The third-order valence-corrected chi connectivity index (χ3v) is 3.41. The minimum Gasteiger partial charge on any atom is -0.462 e. The summed E-state index contributed by atoms with van der Waals surface area (Å²) in [5.74, 6) is -0.367.